The van der Waals surface area contributed by atoms with Gasteiger partial charge in [-0.2, -0.15) is 0 Å². The molecule has 0 atom stereocenters. The van der Waals surface area contributed by atoms with Crippen LogP contribution in [0.5, 0.6) is 0 Å². The second-order valence-electron chi connectivity index (χ2n) is 3.41. The lowest BCUT2D eigenvalue weighted by Gasteiger charge is -2.03. The van der Waals surface area contributed by atoms with E-state index in [2.05, 4.69) is 4.74 Å². The Hall–Kier alpha value is -1.64. The lowest BCUT2D eigenvalue weighted by atomic mass is 10.1. The zero-order valence-corrected chi connectivity index (χ0v) is 9.50. The van der Waals surface area contributed by atoms with Crippen LogP contribution in [0.15, 0.2) is 30.4 Å². The largest absolute Gasteiger partial charge is 0.465 e. The third-order valence-corrected chi connectivity index (χ3v) is 2.29. The van der Waals surface area contributed by atoms with Crippen LogP contribution in [-0.4, -0.2) is 13.1 Å². The summed E-state index contributed by atoms with van der Waals surface area (Å²) in [4.78, 5) is 11.1. The van der Waals surface area contributed by atoms with E-state index in [1.807, 2.05) is 19.1 Å². The van der Waals surface area contributed by atoms with Crippen molar-refractivity contribution in [1.29, 1.82) is 0 Å². The molecular formula is C13H15FO2. The molecule has 0 heterocycles. The van der Waals surface area contributed by atoms with E-state index in [4.69, 9.17) is 0 Å². The quantitative estimate of drug-likeness (QED) is 0.578. The fraction of sp³-hybridized carbons (Fsp3) is 0.308. The molecule has 0 aromatic heterocycles. The highest BCUT2D eigenvalue weighted by molar-refractivity contribution is 5.89. The molecule has 0 aliphatic carbocycles. The molecule has 0 radical (unpaired) electrons. The normalized spacial score (nSPS) is 10.7. The number of hydrogen-bond donors (Lipinski definition) is 0. The Bertz CT molecular complexity index is 397. The van der Waals surface area contributed by atoms with Crippen LogP contribution < -0.4 is 0 Å². The SMILES string of the molecule is CC=CCCc1ccc(C(=O)OC)cc1F. The van der Waals surface area contributed by atoms with Crippen molar-refractivity contribution in [2.75, 3.05) is 7.11 Å². The first kappa shape index (κ1) is 12.4. The Morgan fingerprint density at radius 1 is 1.50 bits per heavy atom. The van der Waals surface area contributed by atoms with Gasteiger partial charge in [0.25, 0.3) is 0 Å². The molecule has 1 rings (SSSR count). The van der Waals surface area contributed by atoms with Gasteiger partial charge < -0.3 is 4.74 Å². The number of allylic oxidation sites excluding steroid dienone is 2. The van der Waals surface area contributed by atoms with Crippen LogP contribution in [0.3, 0.4) is 0 Å². The summed E-state index contributed by atoms with van der Waals surface area (Å²) in [6.07, 6.45) is 5.34. The molecule has 0 N–H and O–H groups in total. The Balaban J connectivity index is 2.79. The van der Waals surface area contributed by atoms with Crippen molar-refractivity contribution in [2.45, 2.75) is 19.8 Å². The molecule has 1 aromatic carbocycles. The maximum Gasteiger partial charge on any atom is 0.337 e. The van der Waals surface area contributed by atoms with Crippen LogP contribution in [-0.2, 0) is 11.2 Å². The highest BCUT2D eigenvalue weighted by Crippen LogP contribution is 2.13. The molecule has 0 unspecified atom stereocenters. The fourth-order valence-electron chi connectivity index (χ4n) is 1.40. The Labute approximate surface area is 94.7 Å². The van der Waals surface area contributed by atoms with Crippen molar-refractivity contribution in [3.63, 3.8) is 0 Å². The van der Waals surface area contributed by atoms with Crippen LogP contribution in [0.2, 0.25) is 0 Å². The van der Waals surface area contributed by atoms with Gasteiger partial charge in [-0.15, -0.1) is 0 Å². The molecule has 2 nitrogen and oxygen atoms in total. The molecule has 0 bridgehead atoms. The summed E-state index contributed by atoms with van der Waals surface area (Å²) in [6.45, 7) is 1.93. The number of methoxy groups -OCH3 is 1. The zero-order valence-electron chi connectivity index (χ0n) is 9.50. The molecule has 1 aromatic rings. The van der Waals surface area contributed by atoms with E-state index >= 15 is 0 Å². The van der Waals surface area contributed by atoms with Gasteiger partial charge in [-0.1, -0.05) is 18.2 Å². The molecule has 0 saturated carbocycles. The van der Waals surface area contributed by atoms with Crippen molar-refractivity contribution in [2.24, 2.45) is 0 Å². The summed E-state index contributed by atoms with van der Waals surface area (Å²) in [7, 11) is 1.28. The molecular weight excluding hydrogens is 207 g/mol. The first-order chi connectivity index (χ1) is 7.69. The van der Waals surface area contributed by atoms with Crippen molar-refractivity contribution in [3.05, 3.63) is 47.3 Å². The lowest BCUT2D eigenvalue weighted by Crippen LogP contribution is -2.02. The van der Waals surface area contributed by atoms with Crippen molar-refractivity contribution >= 4 is 5.97 Å². The number of benzene rings is 1. The first-order valence-corrected chi connectivity index (χ1v) is 5.17. The smallest absolute Gasteiger partial charge is 0.337 e. The predicted octanol–water partition coefficient (Wildman–Crippen LogP) is 3.12. The van der Waals surface area contributed by atoms with Gasteiger partial charge in [-0.3, -0.25) is 0 Å². The van der Waals surface area contributed by atoms with Gasteiger partial charge in [-0.05, 0) is 37.5 Å². The summed E-state index contributed by atoms with van der Waals surface area (Å²) in [5.41, 5.74) is 0.862. The Kier molecular flexibility index (Phi) is 4.70. The zero-order chi connectivity index (χ0) is 12.0. The van der Waals surface area contributed by atoms with Crippen LogP contribution in [0.25, 0.3) is 0 Å². The number of rotatable bonds is 4. The molecule has 0 saturated heterocycles. The molecule has 0 fully saturated rings. The first-order valence-electron chi connectivity index (χ1n) is 5.17. The summed E-state index contributed by atoms with van der Waals surface area (Å²) in [6, 6.07) is 4.43. The summed E-state index contributed by atoms with van der Waals surface area (Å²) >= 11 is 0. The number of aryl methyl sites for hydroxylation is 1. The predicted molar refractivity (Wildman–Crippen MR) is 60.9 cm³/mol. The maximum atomic E-state index is 13.5. The standard InChI is InChI=1S/C13H15FO2/c1-3-4-5-6-10-7-8-11(9-12(10)14)13(15)16-2/h3-4,7-9H,5-6H2,1-2H3. The lowest BCUT2D eigenvalue weighted by molar-refractivity contribution is 0.0600. The van der Waals surface area contributed by atoms with Gasteiger partial charge in [0.2, 0.25) is 0 Å². The molecule has 86 valence electrons. The second-order valence-corrected chi connectivity index (χ2v) is 3.41. The third-order valence-electron chi connectivity index (χ3n) is 2.29. The minimum absolute atomic E-state index is 0.245. The van der Waals surface area contributed by atoms with Crippen LogP contribution in [0.1, 0.15) is 29.3 Å². The van der Waals surface area contributed by atoms with E-state index in [0.717, 1.165) is 6.42 Å². The summed E-state index contributed by atoms with van der Waals surface area (Å²) in [5.74, 6) is -0.869. The Morgan fingerprint density at radius 3 is 2.81 bits per heavy atom. The van der Waals surface area contributed by atoms with Gasteiger partial charge >= 0.3 is 5.97 Å². The van der Waals surface area contributed by atoms with Gasteiger partial charge in [0.15, 0.2) is 0 Å². The molecule has 0 amide bonds. The van der Waals surface area contributed by atoms with Crippen LogP contribution in [0, 0.1) is 5.82 Å². The van der Waals surface area contributed by atoms with Gasteiger partial charge in [0.1, 0.15) is 5.82 Å². The van der Waals surface area contributed by atoms with Gasteiger partial charge in [0.05, 0.1) is 12.7 Å². The molecule has 3 heteroatoms. The minimum atomic E-state index is -0.515. The third kappa shape index (κ3) is 3.19. The number of hydrogen-bond acceptors (Lipinski definition) is 2. The van der Waals surface area contributed by atoms with E-state index in [0.29, 0.717) is 12.0 Å². The molecule has 0 aliphatic rings. The van der Waals surface area contributed by atoms with Crippen molar-refractivity contribution in [3.8, 4) is 0 Å². The highest BCUT2D eigenvalue weighted by atomic mass is 19.1. The molecule has 0 spiro atoms. The maximum absolute atomic E-state index is 13.5. The topological polar surface area (TPSA) is 26.3 Å². The minimum Gasteiger partial charge on any atom is -0.465 e. The van der Waals surface area contributed by atoms with E-state index in [-0.39, 0.29) is 11.4 Å². The van der Waals surface area contributed by atoms with Gasteiger partial charge in [-0.25, -0.2) is 9.18 Å². The number of carbonyl (C=O) groups excluding carboxylic acids is 1. The van der Waals surface area contributed by atoms with Crippen LogP contribution in [0.4, 0.5) is 4.39 Å². The van der Waals surface area contributed by atoms with E-state index in [9.17, 15) is 9.18 Å². The number of ether oxygens (including phenoxy) is 1. The van der Waals surface area contributed by atoms with E-state index in [1.54, 1.807) is 12.1 Å². The van der Waals surface area contributed by atoms with Crippen molar-refractivity contribution < 1.29 is 13.9 Å². The average Bonchev–Trinajstić information content (AvgIpc) is 2.30. The number of halogens is 1. The molecule has 16 heavy (non-hydrogen) atoms. The average molecular weight is 222 g/mol. The number of esters is 1. The number of carbonyl (C=O) groups is 1. The van der Waals surface area contributed by atoms with Crippen molar-refractivity contribution in [1.82, 2.24) is 0 Å². The molecule has 0 aliphatic heterocycles. The summed E-state index contributed by atoms with van der Waals surface area (Å²) < 4.78 is 18.1. The Morgan fingerprint density at radius 2 is 2.25 bits per heavy atom. The fourth-order valence-corrected chi connectivity index (χ4v) is 1.40. The van der Waals surface area contributed by atoms with Crippen LogP contribution >= 0.6 is 0 Å². The second kappa shape index (κ2) is 6.05. The summed E-state index contributed by atoms with van der Waals surface area (Å²) in [5, 5.41) is 0. The van der Waals surface area contributed by atoms with Gasteiger partial charge in [0, 0.05) is 0 Å². The van der Waals surface area contributed by atoms with E-state index in [1.165, 1.54) is 13.2 Å². The van der Waals surface area contributed by atoms with E-state index < -0.39 is 5.97 Å². The highest BCUT2D eigenvalue weighted by Gasteiger charge is 2.08. The monoisotopic (exact) mass is 222 g/mol.